The predicted octanol–water partition coefficient (Wildman–Crippen LogP) is 1.66. The molecule has 0 unspecified atom stereocenters. The highest BCUT2D eigenvalue weighted by Crippen LogP contribution is 2.28. The molecule has 0 bridgehead atoms. The maximum atomic E-state index is 11.0. The number of pyridine rings is 1. The van der Waals surface area contributed by atoms with E-state index in [2.05, 4.69) is 15.0 Å². The first-order chi connectivity index (χ1) is 9.66. The number of nitrogens with zero attached hydrogens (tertiary/aromatic N) is 4. The zero-order valence-electron chi connectivity index (χ0n) is 10.8. The van der Waals surface area contributed by atoms with Crippen molar-refractivity contribution in [1.29, 1.82) is 0 Å². The molecule has 0 amide bonds. The molecular formula is C14H12N4O2. The fourth-order valence-electron chi connectivity index (χ4n) is 2.32. The minimum Gasteiger partial charge on any atom is -0.481 e. The van der Waals surface area contributed by atoms with Gasteiger partial charge >= 0.3 is 5.97 Å². The van der Waals surface area contributed by atoms with Crippen molar-refractivity contribution in [1.82, 2.24) is 19.5 Å². The number of hydrogen-bond donors (Lipinski definition) is 1. The van der Waals surface area contributed by atoms with Crippen molar-refractivity contribution in [2.45, 2.75) is 6.42 Å². The first-order valence-electron chi connectivity index (χ1n) is 6.08. The summed E-state index contributed by atoms with van der Waals surface area (Å²) in [5.41, 5.74) is 2.97. The maximum absolute atomic E-state index is 11.0. The van der Waals surface area contributed by atoms with Crippen LogP contribution >= 0.6 is 0 Å². The Kier molecular flexibility index (Phi) is 2.90. The van der Waals surface area contributed by atoms with Gasteiger partial charge in [0.2, 0.25) is 0 Å². The van der Waals surface area contributed by atoms with Gasteiger partial charge in [-0.3, -0.25) is 9.78 Å². The lowest BCUT2D eigenvalue weighted by Crippen LogP contribution is -2.00. The lowest BCUT2D eigenvalue weighted by Gasteiger charge is -2.03. The second kappa shape index (κ2) is 4.73. The highest BCUT2D eigenvalue weighted by atomic mass is 16.4. The van der Waals surface area contributed by atoms with Gasteiger partial charge in [0.15, 0.2) is 0 Å². The van der Waals surface area contributed by atoms with E-state index in [1.54, 1.807) is 18.6 Å². The van der Waals surface area contributed by atoms with Crippen LogP contribution < -0.4 is 0 Å². The van der Waals surface area contributed by atoms with E-state index >= 15 is 0 Å². The molecule has 0 aromatic carbocycles. The molecule has 20 heavy (non-hydrogen) atoms. The molecule has 3 aromatic heterocycles. The van der Waals surface area contributed by atoms with E-state index in [-0.39, 0.29) is 6.42 Å². The highest BCUT2D eigenvalue weighted by Gasteiger charge is 2.16. The van der Waals surface area contributed by atoms with E-state index in [0.29, 0.717) is 11.3 Å². The average Bonchev–Trinajstić information content (AvgIpc) is 2.76. The van der Waals surface area contributed by atoms with Crippen molar-refractivity contribution >= 4 is 17.0 Å². The minimum absolute atomic E-state index is 0.0576. The summed E-state index contributed by atoms with van der Waals surface area (Å²) in [6.45, 7) is 0. The smallest absolute Gasteiger partial charge is 0.307 e. The normalized spacial score (nSPS) is 10.8. The van der Waals surface area contributed by atoms with Gasteiger partial charge in [0, 0.05) is 36.6 Å². The van der Waals surface area contributed by atoms with Crippen molar-refractivity contribution in [3.05, 3.63) is 42.6 Å². The summed E-state index contributed by atoms with van der Waals surface area (Å²) in [7, 11) is 1.84. The Labute approximate surface area is 114 Å². The van der Waals surface area contributed by atoms with Gasteiger partial charge in [0.1, 0.15) is 12.0 Å². The lowest BCUT2D eigenvalue weighted by molar-refractivity contribution is -0.136. The first-order valence-corrected chi connectivity index (χ1v) is 6.08. The summed E-state index contributed by atoms with van der Waals surface area (Å²) in [6.07, 6.45) is 6.60. The third-order valence-electron chi connectivity index (χ3n) is 3.11. The molecule has 6 heteroatoms. The minimum atomic E-state index is -0.876. The maximum Gasteiger partial charge on any atom is 0.307 e. The topological polar surface area (TPSA) is 80.9 Å². The van der Waals surface area contributed by atoms with Gasteiger partial charge in [-0.05, 0) is 17.7 Å². The molecule has 3 heterocycles. The molecule has 0 saturated carbocycles. The van der Waals surface area contributed by atoms with Crippen LogP contribution in [0.3, 0.4) is 0 Å². The molecule has 100 valence electrons. The van der Waals surface area contributed by atoms with E-state index < -0.39 is 5.97 Å². The molecule has 3 aromatic rings. The molecule has 0 saturated heterocycles. The van der Waals surface area contributed by atoms with Crippen LogP contribution in [0, 0.1) is 0 Å². The van der Waals surface area contributed by atoms with Crippen LogP contribution in [-0.2, 0) is 18.3 Å². The zero-order chi connectivity index (χ0) is 14.1. The number of hydrogen-bond acceptors (Lipinski definition) is 4. The summed E-state index contributed by atoms with van der Waals surface area (Å²) < 4.78 is 1.81. The third kappa shape index (κ3) is 2.01. The summed E-state index contributed by atoms with van der Waals surface area (Å²) in [5.74, 6) is -0.876. The van der Waals surface area contributed by atoms with Gasteiger partial charge in [-0.15, -0.1) is 0 Å². The summed E-state index contributed by atoms with van der Waals surface area (Å²) in [4.78, 5) is 23.6. The molecular weight excluding hydrogens is 256 g/mol. The SMILES string of the molecule is Cn1cc(CC(=O)O)c2c(-c3cccnc3)ncnc21. The van der Waals surface area contributed by atoms with Crippen LogP contribution in [0.15, 0.2) is 37.1 Å². The van der Waals surface area contributed by atoms with Crippen molar-refractivity contribution in [3.8, 4) is 11.3 Å². The molecule has 0 aliphatic rings. The van der Waals surface area contributed by atoms with Gasteiger partial charge in [-0.1, -0.05) is 0 Å². The summed E-state index contributed by atoms with van der Waals surface area (Å²) >= 11 is 0. The van der Waals surface area contributed by atoms with Crippen LogP contribution in [-0.4, -0.2) is 30.6 Å². The summed E-state index contributed by atoms with van der Waals surface area (Å²) in [5, 5.41) is 9.80. The fraction of sp³-hybridized carbons (Fsp3) is 0.143. The predicted molar refractivity (Wildman–Crippen MR) is 73.1 cm³/mol. The van der Waals surface area contributed by atoms with Crippen LogP contribution in [0.25, 0.3) is 22.3 Å². The number of rotatable bonds is 3. The largest absolute Gasteiger partial charge is 0.481 e. The van der Waals surface area contributed by atoms with Gasteiger partial charge in [0.05, 0.1) is 12.1 Å². The standard InChI is InChI=1S/C14H12N4O2/c1-18-7-10(5-11(19)20)12-13(16-8-17-14(12)18)9-3-2-4-15-6-9/h2-4,6-8H,5H2,1H3,(H,19,20). The summed E-state index contributed by atoms with van der Waals surface area (Å²) in [6, 6.07) is 3.72. The number of carbonyl (C=O) groups is 1. The number of fused-ring (bicyclic) bond motifs is 1. The second-order valence-electron chi connectivity index (χ2n) is 4.50. The van der Waals surface area contributed by atoms with Crippen molar-refractivity contribution in [2.75, 3.05) is 0 Å². The Bertz CT molecular complexity index is 780. The van der Waals surface area contributed by atoms with Gasteiger partial charge in [-0.2, -0.15) is 0 Å². The van der Waals surface area contributed by atoms with E-state index in [0.717, 1.165) is 16.6 Å². The van der Waals surface area contributed by atoms with E-state index in [4.69, 9.17) is 5.11 Å². The Morgan fingerprint density at radius 3 is 2.95 bits per heavy atom. The molecule has 0 radical (unpaired) electrons. The molecule has 3 rings (SSSR count). The molecule has 1 N–H and O–H groups in total. The zero-order valence-corrected chi connectivity index (χ0v) is 10.8. The molecule has 6 nitrogen and oxygen atoms in total. The monoisotopic (exact) mass is 268 g/mol. The van der Waals surface area contributed by atoms with Crippen molar-refractivity contribution in [3.63, 3.8) is 0 Å². The van der Waals surface area contributed by atoms with Gasteiger partial charge in [-0.25, -0.2) is 9.97 Å². The van der Waals surface area contributed by atoms with Crippen molar-refractivity contribution in [2.24, 2.45) is 7.05 Å². The van der Waals surface area contributed by atoms with Crippen molar-refractivity contribution < 1.29 is 9.90 Å². The third-order valence-corrected chi connectivity index (χ3v) is 3.11. The molecule has 0 atom stereocenters. The second-order valence-corrected chi connectivity index (χ2v) is 4.50. The molecule has 0 spiro atoms. The van der Waals surface area contributed by atoms with Crippen LogP contribution in [0.2, 0.25) is 0 Å². The Balaban J connectivity index is 2.30. The molecule has 0 aliphatic carbocycles. The quantitative estimate of drug-likeness (QED) is 0.781. The fourth-order valence-corrected chi connectivity index (χ4v) is 2.32. The molecule has 0 fully saturated rings. The van der Waals surface area contributed by atoms with Gasteiger partial charge in [0.25, 0.3) is 0 Å². The van der Waals surface area contributed by atoms with Crippen LogP contribution in [0.4, 0.5) is 0 Å². The number of carboxylic acids is 1. The van der Waals surface area contributed by atoms with E-state index in [1.807, 2.05) is 23.7 Å². The van der Waals surface area contributed by atoms with Crippen LogP contribution in [0.1, 0.15) is 5.56 Å². The Hall–Kier alpha value is -2.76. The van der Waals surface area contributed by atoms with E-state index in [9.17, 15) is 4.79 Å². The first kappa shape index (κ1) is 12.3. The highest BCUT2D eigenvalue weighted by molar-refractivity contribution is 5.95. The number of aromatic nitrogens is 4. The average molecular weight is 268 g/mol. The van der Waals surface area contributed by atoms with Gasteiger partial charge < -0.3 is 9.67 Å². The lowest BCUT2D eigenvalue weighted by atomic mass is 10.1. The van der Waals surface area contributed by atoms with E-state index in [1.165, 1.54) is 6.33 Å². The number of carboxylic acid groups (broad SMARTS) is 1. The number of aryl methyl sites for hydroxylation is 1. The Morgan fingerprint density at radius 1 is 1.40 bits per heavy atom. The Morgan fingerprint density at radius 2 is 2.25 bits per heavy atom. The number of aliphatic carboxylic acids is 1. The van der Waals surface area contributed by atoms with Crippen LogP contribution in [0.5, 0.6) is 0 Å². The molecule has 0 aliphatic heterocycles.